The van der Waals surface area contributed by atoms with Crippen molar-refractivity contribution < 1.29 is 4.74 Å². The van der Waals surface area contributed by atoms with Gasteiger partial charge in [-0.15, -0.1) is 24.0 Å². The Hall–Kier alpha value is -1.02. The molecule has 0 aliphatic carbocycles. The molecule has 1 aromatic carbocycles. The highest BCUT2D eigenvalue weighted by Gasteiger charge is 2.24. The quantitative estimate of drug-likeness (QED) is 0.346. The van der Waals surface area contributed by atoms with Crippen LogP contribution in [0.5, 0.6) is 5.75 Å². The number of halogens is 1. The van der Waals surface area contributed by atoms with Crippen molar-refractivity contribution in [2.75, 3.05) is 40.3 Å². The highest BCUT2D eigenvalue weighted by molar-refractivity contribution is 14.0. The van der Waals surface area contributed by atoms with Crippen molar-refractivity contribution in [3.63, 3.8) is 0 Å². The van der Waals surface area contributed by atoms with Gasteiger partial charge >= 0.3 is 0 Å². The van der Waals surface area contributed by atoms with Gasteiger partial charge in [0.15, 0.2) is 5.96 Å². The fraction of sp³-hybridized carbons (Fsp3) is 0.650. The minimum atomic E-state index is 0. The summed E-state index contributed by atoms with van der Waals surface area (Å²) >= 11 is 0. The van der Waals surface area contributed by atoms with Crippen molar-refractivity contribution in [2.45, 2.75) is 39.2 Å². The predicted octanol–water partition coefficient (Wildman–Crippen LogP) is 3.14. The van der Waals surface area contributed by atoms with Gasteiger partial charge in [-0.05, 0) is 49.9 Å². The molecule has 1 unspecified atom stereocenters. The maximum Gasteiger partial charge on any atom is 0.191 e. The van der Waals surface area contributed by atoms with Gasteiger partial charge in [0.1, 0.15) is 5.75 Å². The second kappa shape index (κ2) is 12.4. The number of nitrogens with zero attached hydrogens (tertiary/aromatic N) is 2. The average molecular weight is 474 g/mol. The van der Waals surface area contributed by atoms with Crippen LogP contribution in [-0.2, 0) is 6.42 Å². The molecule has 0 bridgehead atoms. The van der Waals surface area contributed by atoms with Crippen LogP contribution in [0.25, 0.3) is 0 Å². The SMILES string of the molecule is CN=C(NCCc1ccccc1OC)NCC(C(C)C)N1CCCC1.I. The number of methoxy groups -OCH3 is 1. The molecule has 0 amide bonds. The highest BCUT2D eigenvalue weighted by atomic mass is 127. The van der Waals surface area contributed by atoms with Crippen LogP contribution < -0.4 is 15.4 Å². The molecular formula is C20H35IN4O. The Kier molecular flexibility index (Phi) is 11.0. The molecule has 0 aromatic heterocycles. The third-order valence-corrected chi connectivity index (χ3v) is 4.96. The number of hydrogen-bond acceptors (Lipinski definition) is 3. The zero-order chi connectivity index (χ0) is 18.1. The van der Waals surface area contributed by atoms with Gasteiger partial charge in [-0.2, -0.15) is 0 Å². The van der Waals surface area contributed by atoms with Crippen molar-refractivity contribution in [1.82, 2.24) is 15.5 Å². The van der Waals surface area contributed by atoms with E-state index in [2.05, 4.69) is 40.4 Å². The minimum absolute atomic E-state index is 0. The fourth-order valence-corrected chi connectivity index (χ4v) is 3.51. The number of likely N-dealkylation sites (tertiary alicyclic amines) is 1. The van der Waals surface area contributed by atoms with Crippen LogP contribution in [0.4, 0.5) is 0 Å². The van der Waals surface area contributed by atoms with E-state index in [4.69, 9.17) is 4.74 Å². The van der Waals surface area contributed by atoms with E-state index in [1.165, 1.54) is 31.5 Å². The third kappa shape index (κ3) is 6.95. The molecule has 148 valence electrons. The molecule has 6 heteroatoms. The Morgan fingerprint density at radius 2 is 1.88 bits per heavy atom. The third-order valence-electron chi connectivity index (χ3n) is 4.96. The molecule has 1 aromatic rings. The molecule has 1 aliphatic rings. The van der Waals surface area contributed by atoms with Crippen LogP contribution in [0.15, 0.2) is 29.3 Å². The lowest BCUT2D eigenvalue weighted by Gasteiger charge is -2.31. The Morgan fingerprint density at radius 1 is 1.19 bits per heavy atom. The van der Waals surface area contributed by atoms with Crippen LogP contribution in [0.2, 0.25) is 0 Å². The normalized spacial score (nSPS) is 16.3. The van der Waals surface area contributed by atoms with Crippen molar-refractivity contribution in [3.8, 4) is 5.75 Å². The summed E-state index contributed by atoms with van der Waals surface area (Å²) in [6.07, 6.45) is 3.56. The largest absolute Gasteiger partial charge is 0.496 e. The van der Waals surface area contributed by atoms with Gasteiger partial charge in [0, 0.05) is 26.2 Å². The number of guanidine groups is 1. The van der Waals surface area contributed by atoms with Crippen LogP contribution >= 0.6 is 24.0 Å². The molecule has 1 atom stereocenters. The second-order valence-corrected chi connectivity index (χ2v) is 7.00. The van der Waals surface area contributed by atoms with Crippen LogP contribution in [-0.4, -0.2) is 57.2 Å². The molecule has 2 N–H and O–H groups in total. The number of ether oxygens (including phenoxy) is 1. The van der Waals surface area contributed by atoms with E-state index in [0.717, 1.165) is 31.2 Å². The molecule has 1 fully saturated rings. The number of nitrogens with one attached hydrogen (secondary N) is 2. The van der Waals surface area contributed by atoms with Crippen molar-refractivity contribution in [2.24, 2.45) is 10.9 Å². The first-order valence-corrected chi connectivity index (χ1v) is 9.46. The van der Waals surface area contributed by atoms with Crippen LogP contribution in [0.1, 0.15) is 32.3 Å². The number of aliphatic imine (C=N–C) groups is 1. The molecule has 1 saturated heterocycles. The molecule has 0 saturated carbocycles. The monoisotopic (exact) mass is 474 g/mol. The van der Waals surface area contributed by atoms with Crippen LogP contribution in [0, 0.1) is 5.92 Å². The van der Waals surface area contributed by atoms with E-state index in [9.17, 15) is 0 Å². The van der Waals surface area contributed by atoms with Gasteiger partial charge in [-0.1, -0.05) is 32.0 Å². The van der Waals surface area contributed by atoms with Gasteiger partial charge < -0.3 is 15.4 Å². The summed E-state index contributed by atoms with van der Waals surface area (Å²) in [5, 5.41) is 6.93. The maximum atomic E-state index is 5.41. The molecular weight excluding hydrogens is 439 g/mol. The van der Waals surface area contributed by atoms with E-state index in [1.807, 2.05) is 25.2 Å². The average Bonchev–Trinajstić information content (AvgIpc) is 3.14. The summed E-state index contributed by atoms with van der Waals surface area (Å²) < 4.78 is 5.41. The lowest BCUT2D eigenvalue weighted by Crippen LogP contribution is -2.48. The zero-order valence-corrected chi connectivity index (χ0v) is 19.0. The van der Waals surface area contributed by atoms with Gasteiger partial charge in [0.05, 0.1) is 7.11 Å². The minimum Gasteiger partial charge on any atom is -0.496 e. The van der Waals surface area contributed by atoms with Crippen molar-refractivity contribution in [3.05, 3.63) is 29.8 Å². The van der Waals surface area contributed by atoms with E-state index in [-0.39, 0.29) is 24.0 Å². The Balaban J connectivity index is 0.00000338. The second-order valence-electron chi connectivity index (χ2n) is 7.00. The summed E-state index contributed by atoms with van der Waals surface area (Å²) in [6, 6.07) is 8.73. The lowest BCUT2D eigenvalue weighted by molar-refractivity contribution is 0.192. The number of rotatable bonds is 8. The van der Waals surface area contributed by atoms with Crippen LogP contribution in [0.3, 0.4) is 0 Å². The summed E-state index contributed by atoms with van der Waals surface area (Å²) in [4.78, 5) is 6.98. The van der Waals surface area contributed by atoms with E-state index in [1.54, 1.807) is 7.11 Å². The summed E-state index contributed by atoms with van der Waals surface area (Å²) in [6.45, 7) is 8.84. The summed E-state index contributed by atoms with van der Waals surface area (Å²) in [5.74, 6) is 2.46. The van der Waals surface area contributed by atoms with Crippen molar-refractivity contribution >= 4 is 29.9 Å². The maximum absolute atomic E-state index is 5.41. The molecule has 5 nitrogen and oxygen atoms in total. The molecule has 0 spiro atoms. The zero-order valence-electron chi connectivity index (χ0n) is 16.6. The summed E-state index contributed by atoms with van der Waals surface area (Å²) in [5.41, 5.74) is 1.21. The van der Waals surface area contributed by atoms with Gasteiger partial charge in [0.25, 0.3) is 0 Å². The number of hydrogen-bond donors (Lipinski definition) is 2. The first kappa shape index (κ1) is 23.0. The molecule has 26 heavy (non-hydrogen) atoms. The summed E-state index contributed by atoms with van der Waals surface area (Å²) in [7, 11) is 3.55. The van der Waals surface area contributed by atoms with E-state index >= 15 is 0 Å². The standard InChI is InChI=1S/C20H34N4O.HI/c1-16(2)18(24-13-7-8-14-24)15-23-20(21-3)22-12-11-17-9-5-6-10-19(17)25-4;/h5-6,9-10,16,18H,7-8,11-15H2,1-4H3,(H2,21,22,23);1H. The van der Waals surface area contributed by atoms with Crippen molar-refractivity contribution in [1.29, 1.82) is 0 Å². The highest BCUT2D eigenvalue weighted by Crippen LogP contribution is 2.18. The lowest BCUT2D eigenvalue weighted by atomic mass is 10.0. The topological polar surface area (TPSA) is 48.9 Å². The number of para-hydroxylation sites is 1. The van der Waals surface area contributed by atoms with Gasteiger partial charge in [0.2, 0.25) is 0 Å². The Morgan fingerprint density at radius 3 is 2.50 bits per heavy atom. The fourth-order valence-electron chi connectivity index (χ4n) is 3.51. The first-order valence-electron chi connectivity index (χ1n) is 9.46. The molecule has 1 heterocycles. The molecule has 2 rings (SSSR count). The Labute approximate surface area is 176 Å². The molecule has 1 aliphatic heterocycles. The smallest absolute Gasteiger partial charge is 0.191 e. The van der Waals surface area contributed by atoms with E-state index in [0.29, 0.717) is 12.0 Å². The van der Waals surface area contributed by atoms with E-state index < -0.39 is 0 Å². The van der Waals surface area contributed by atoms with Gasteiger partial charge in [-0.25, -0.2) is 0 Å². The van der Waals surface area contributed by atoms with Gasteiger partial charge in [-0.3, -0.25) is 9.89 Å². The predicted molar refractivity (Wildman–Crippen MR) is 121 cm³/mol. The first-order chi connectivity index (χ1) is 12.2. The number of benzene rings is 1. The Bertz CT molecular complexity index is 544. The molecule has 0 radical (unpaired) electrons.